The maximum Gasteiger partial charge on any atom is 0.321 e. The number of nitrogens with zero attached hydrogens (tertiary/aromatic N) is 3. The number of nitrogens with one attached hydrogen (secondary N) is 1. The van der Waals surface area contributed by atoms with E-state index >= 15 is 0 Å². The van der Waals surface area contributed by atoms with Gasteiger partial charge >= 0.3 is 6.03 Å². The quantitative estimate of drug-likeness (QED) is 0.639. The lowest BCUT2D eigenvalue weighted by Gasteiger charge is -2.39. The molecule has 0 bridgehead atoms. The second kappa shape index (κ2) is 9.00. The number of carbonyl (C=O) groups excluding carboxylic acids is 2. The fourth-order valence-electron chi connectivity index (χ4n) is 4.05. The van der Waals surface area contributed by atoms with Crippen LogP contribution in [0.3, 0.4) is 0 Å². The molecule has 0 aliphatic carbocycles. The third-order valence-electron chi connectivity index (χ3n) is 5.90. The molecule has 1 aromatic carbocycles. The van der Waals surface area contributed by atoms with E-state index in [0.29, 0.717) is 32.1 Å². The van der Waals surface area contributed by atoms with Crippen LogP contribution in [0.25, 0.3) is 0 Å². The number of urea groups is 1. The van der Waals surface area contributed by atoms with Gasteiger partial charge in [-0.15, -0.1) is 11.3 Å². The van der Waals surface area contributed by atoms with Crippen molar-refractivity contribution in [3.63, 3.8) is 0 Å². The smallest absolute Gasteiger partial charge is 0.321 e. The number of aromatic nitrogens is 1. The summed E-state index contributed by atoms with van der Waals surface area (Å²) in [5.74, 6) is 1.16. The van der Waals surface area contributed by atoms with Crippen LogP contribution in [0.1, 0.15) is 27.6 Å². The summed E-state index contributed by atoms with van der Waals surface area (Å²) in [6, 6.07) is 15.0. The third-order valence-corrected chi connectivity index (χ3v) is 6.75. The Labute approximate surface area is 190 Å². The van der Waals surface area contributed by atoms with Crippen LogP contribution in [-0.2, 0) is 0 Å². The summed E-state index contributed by atoms with van der Waals surface area (Å²) in [6.07, 6.45) is 4.40. The van der Waals surface area contributed by atoms with Gasteiger partial charge in [-0.3, -0.25) is 9.78 Å². The highest BCUT2D eigenvalue weighted by Crippen LogP contribution is 2.27. The van der Waals surface area contributed by atoms with Crippen molar-refractivity contribution in [2.24, 2.45) is 0 Å². The monoisotopic (exact) mass is 448 g/mol. The Bertz CT molecular complexity index is 1070. The maximum absolute atomic E-state index is 12.5. The van der Waals surface area contributed by atoms with Gasteiger partial charge in [0, 0.05) is 50.1 Å². The van der Waals surface area contributed by atoms with Gasteiger partial charge in [0.25, 0.3) is 5.91 Å². The number of hydrogen-bond acceptors (Lipinski definition) is 5. The fourth-order valence-corrected chi connectivity index (χ4v) is 4.74. The minimum Gasteiger partial charge on any atom is -0.489 e. The molecular weight excluding hydrogens is 424 g/mol. The average Bonchev–Trinajstić information content (AvgIpc) is 3.47. The number of anilines is 1. The molecule has 0 radical (unpaired) electrons. The zero-order chi connectivity index (χ0) is 21.9. The largest absolute Gasteiger partial charge is 0.489 e. The highest BCUT2D eigenvalue weighted by molar-refractivity contribution is 7.12. The van der Waals surface area contributed by atoms with Crippen LogP contribution in [0, 0.1) is 0 Å². The molecule has 0 saturated carbocycles. The van der Waals surface area contributed by atoms with Gasteiger partial charge < -0.3 is 19.9 Å². The molecule has 4 heterocycles. The van der Waals surface area contributed by atoms with E-state index in [9.17, 15) is 9.59 Å². The van der Waals surface area contributed by atoms with Crippen LogP contribution in [0.5, 0.6) is 5.75 Å². The molecule has 3 aromatic rings. The Kier molecular flexibility index (Phi) is 5.77. The van der Waals surface area contributed by atoms with Crippen molar-refractivity contribution in [2.45, 2.75) is 18.4 Å². The van der Waals surface area contributed by atoms with Crippen molar-refractivity contribution < 1.29 is 14.3 Å². The molecule has 32 heavy (non-hydrogen) atoms. The maximum atomic E-state index is 12.5. The molecule has 2 aromatic heterocycles. The SMILES string of the molecule is O=C(Nc1ccc(OC2CCN(C(=O)c3cccs3)C2)cc1)N1CC(c2cccnc2)C1. The van der Waals surface area contributed by atoms with Crippen molar-refractivity contribution in [3.05, 3.63) is 76.7 Å². The van der Waals surface area contributed by atoms with E-state index in [4.69, 9.17) is 4.74 Å². The first-order valence-corrected chi connectivity index (χ1v) is 11.6. The molecule has 7 nitrogen and oxygen atoms in total. The van der Waals surface area contributed by atoms with Gasteiger partial charge in [0.1, 0.15) is 11.9 Å². The number of benzene rings is 1. The summed E-state index contributed by atoms with van der Waals surface area (Å²) >= 11 is 1.46. The van der Waals surface area contributed by atoms with Crippen LogP contribution in [-0.4, -0.2) is 59.0 Å². The summed E-state index contributed by atoms with van der Waals surface area (Å²) in [7, 11) is 0. The normalized spacial score (nSPS) is 18.3. The Hall–Kier alpha value is -3.39. The molecule has 5 rings (SSSR count). The van der Waals surface area contributed by atoms with Crippen molar-refractivity contribution in [3.8, 4) is 5.75 Å². The number of amides is 3. The molecule has 2 aliphatic rings. The molecule has 3 amide bonds. The fraction of sp³-hybridized carbons (Fsp3) is 0.292. The summed E-state index contributed by atoms with van der Waals surface area (Å²) in [5.41, 5.74) is 1.90. The van der Waals surface area contributed by atoms with E-state index in [1.54, 1.807) is 11.1 Å². The zero-order valence-electron chi connectivity index (χ0n) is 17.5. The lowest BCUT2D eigenvalue weighted by molar-refractivity contribution is 0.0777. The van der Waals surface area contributed by atoms with Gasteiger partial charge in [0.15, 0.2) is 0 Å². The average molecular weight is 449 g/mol. The minimum atomic E-state index is -0.0997. The van der Waals surface area contributed by atoms with Crippen molar-refractivity contribution in [2.75, 3.05) is 31.5 Å². The summed E-state index contributed by atoms with van der Waals surface area (Å²) in [4.78, 5) is 33.5. The van der Waals surface area contributed by atoms with E-state index in [1.165, 1.54) is 16.9 Å². The first kappa shape index (κ1) is 20.5. The Balaban J connectivity index is 1.09. The lowest BCUT2D eigenvalue weighted by atomic mass is 9.93. The number of ether oxygens (including phenoxy) is 1. The van der Waals surface area contributed by atoms with Gasteiger partial charge in [0.05, 0.1) is 11.4 Å². The predicted octanol–water partition coefficient (Wildman–Crippen LogP) is 4.07. The van der Waals surface area contributed by atoms with Gasteiger partial charge in [-0.2, -0.15) is 0 Å². The Morgan fingerprint density at radius 3 is 2.59 bits per heavy atom. The van der Waals surface area contributed by atoms with E-state index in [-0.39, 0.29) is 18.0 Å². The van der Waals surface area contributed by atoms with Crippen LogP contribution >= 0.6 is 11.3 Å². The number of thiophene rings is 1. The van der Waals surface area contributed by atoms with Crippen molar-refractivity contribution >= 4 is 29.0 Å². The van der Waals surface area contributed by atoms with Crippen LogP contribution in [0.2, 0.25) is 0 Å². The molecule has 0 spiro atoms. The van der Waals surface area contributed by atoms with E-state index in [2.05, 4.69) is 10.3 Å². The number of rotatable bonds is 5. The molecule has 2 saturated heterocycles. The van der Waals surface area contributed by atoms with Crippen LogP contribution in [0.4, 0.5) is 10.5 Å². The molecule has 1 unspecified atom stereocenters. The molecule has 2 aliphatic heterocycles. The first-order chi connectivity index (χ1) is 15.7. The molecule has 164 valence electrons. The molecule has 8 heteroatoms. The van der Waals surface area contributed by atoms with Crippen LogP contribution in [0.15, 0.2) is 66.3 Å². The predicted molar refractivity (Wildman–Crippen MR) is 123 cm³/mol. The highest BCUT2D eigenvalue weighted by atomic mass is 32.1. The highest BCUT2D eigenvalue weighted by Gasteiger charge is 2.32. The Morgan fingerprint density at radius 1 is 1.03 bits per heavy atom. The Morgan fingerprint density at radius 2 is 1.88 bits per heavy atom. The third kappa shape index (κ3) is 4.45. The molecule has 1 N–H and O–H groups in total. The number of hydrogen-bond donors (Lipinski definition) is 1. The van der Waals surface area contributed by atoms with Gasteiger partial charge in [-0.1, -0.05) is 12.1 Å². The van der Waals surface area contributed by atoms with E-state index in [1.807, 2.05) is 65.0 Å². The van der Waals surface area contributed by atoms with Gasteiger partial charge in [-0.05, 0) is 47.3 Å². The van der Waals surface area contributed by atoms with E-state index < -0.39 is 0 Å². The van der Waals surface area contributed by atoms with Gasteiger partial charge in [0.2, 0.25) is 0 Å². The summed E-state index contributed by atoms with van der Waals surface area (Å²) in [5, 5.41) is 4.85. The topological polar surface area (TPSA) is 74.8 Å². The zero-order valence-corrected chi connectivity index (χ0v) is 18.3. The molecule has 1 atom stereocenters. The second-order valence-corrected chi connectivity index (χ2v) is 9.05. The number of likely N-dealkylation sites (tertiary alicyclic amines) is 2. The van der Waals surface area contributed by atoms with Crippen molar-refractivity contribution in [1.82, 2.24) is 14.8 Å². The molecular formula is C24H24N4O3S. The molecule has 2 fully saturated rings. The second-order valence-electron chi connectivity index (χ2n) is 8.10. The van der Waals surface area contributed by atoms with Crippen LogP contribution < -0.4 is 10.1 Å². The van der Waals surface area contributed by atoms with Crippen molar-refractivity contribution in [1.29, 1.82) is 0 Å². The number of pyridine rings is 1. The number of carbonyl (C=O) groups is 2. The summed E-state index contributed by atoms with van der Waals surface area (Å²) in [6.45, 7) is 2.68. The minimum absolute atomic E-state index is 0.0233. The first-order valence-electron chi connectivity index (χ1n) is 10.7. The summed E-state index contributed by atoms with van der Waals surface area (Å²) < 4.78 is 6.06. The van der Waals surface area contributed by atoms with Gasteiger partial charge in [-0.25, -0.2) is 4.79 Å². The lowest BCUT2D eigenvalue weighted by Crippen LogP contribution is -2.50. The standard InChI is InChI=1S/C24H24N4O3S/c29-23(22-4-2-12-32-22)27-11-9-21(16-27)31-20-7-5-19(6-8-20)26-24(30)28-14-18(15-28)17-3-1-10-25-13-17/h1-8,10,12-13,18,21H,9,11,14-16H2,(H,26,30). The van der Waals surface area contributed by atoms with E-state index in [0.717, 1.165) is 22.7 Å².